The molecule has 1 saturated heterocycles. The van der Waals surface area contributed by atoms with Crippen molar-refractivity contribution >= 4 is 41.8 Å². The van der Waals surface area contributed by atoms with Crippen LogP contribution in [0.25, 0.3) is 11.0 Å². The van der Waals surface area contributed by atoms with Gasteiger partial charge in [0.05, 0.1) is 5.69 Å². The van der Waals surface area contributed by atoms with E-state index in [1.54, 1.807) is 10.6 Å². The summed E-state index contributed by atoms with van der Waals surface area (Å²) < 4.78 is 20.7. The molecule has 244 valence electrons. The minimum atomic E-state index is -1.02. The summed E-state index contributed by atoms with van der Waals surface area (Å²) in [6.45, 7) is 7.18. The van der Waals surface area contributed by atoms with Gasteiger partial charge in [-0.3, -0.25) is 9.36 Å². The van der Waals surface area contributed by atoms with Crippen molar-refractivity contribution in [3.63, 3.8) is 0 Å². The van der Waals surface area contributed by atoms with Crippen molar-refractivity contribution in [1.29, 1.82) is 0 Å². The first-order valence-electron chi connectivity index (χ1n) is 16.0. The van der Waals surface area contributed by atoms with Gasteiger partial charge in [0.25, 0.3) is 5.56 Å². The second kappa shape index (κ2) is 16.7. The number of benzene rings is 1. The summed E-state index contributed by atoms with van der Waals surface area (Å²) in [6, 6.07) is 4.57. The normalized spacial score (nSPS) is 17.9. The number of likely N-dealkylation sites (tertiary alicyclic amines) is 1. The van der Waals surface area contributed by atoms with Crippen molar-refractivity contribution in [2.24, 2.45) is 5.92 Å². The summed E-state index contributed by atoms with van der Waals surface area (Å²) in [5, 5.41) is 17.3. The molecule has 0 saturated carbocycles. The molecule has 11 heteroatoms. The number of rotatable bonds is 13. The number of nitrogens with zero attached hydrogens (tertiary/aromatic N) is 4. The summed E-state index contributed by atoms with van der Waals surface area (Å²) in [6.07, 6.45) is 11.2. The number of carbonyl (C=O) groups is 1. The monoisotopic (exact) mass is 651 g/mol. The molecule has 2 aliphatic rings. The number of carboxylic acid groups (broad SMARTS) is 1. The maximum atomic E-state index is 13.7. The number of unbranched alkanes of at least 4 members (excludes halogenated alkanes) is 5. The molecule has 1 fully saturated rings. The van der Waals surface area contributed by atoms with Crippen LogP contribution in [-0.2, 0) is 17.8 Å². The van der Waals surface area contributed by atoms with Crippen molar-refractivity contribution < 1.29 is 18.8 Å². The maximum absolute atomic E-state index is 13.7. The SMILES string of the molecule is CCCCCCCCC(C(=O)[O-])C1CCCn2c1nc(C)c(CCN1CCC(c3noc4cc(F)ccc34)CC1)c2=O.Cl.Cl. The molecular weight excluding hydrogens is 606 g/mol. The van der Waals surface area contributed by atoms with Crippen LogP contribution in [0.2, 0.25) is 0 Å². The molecule has 0 spiro atoms. The molecule has 0 amide bonds. The first-order valence-corrected chi connectivity index (χ1v) is 16.0. The van der Waals surface area contributed by atoms with E-state index < -0.39 is 11.9 Å². The zero-order chi connectivity index (χ0) is 29.6. The molecule has 2 unspecified atom stereocenters. The quantitative estimate of drug-likeness (QED) is 0.206. The molecule has 0 radical (unpaired) electrons. The van der Waals surface area contributed by atoms with E-state index in [1.807, 2.05) is 6.92 Å². The van der Waals surface area contributed by atoms with E-state index in [2.05, 4.69) is 17.0 Å². The first-order chi connectivity index (χ1) is 20.4. The van der Waals surface area contributed by atoms with Crippen LogP contribution in [0, 0.1) is 18.7 Å². The van der Waals surface area contributed by atoms with E-state index in [0.29, 0.717) is 36.5 Å². The van der Waals surface area contributed by atoms with E-state index in [9.17, 15) is 19.1 Å². The first kappa shape index (κ1) is 36.0. The van der Waals surface area contributed by atoms with E-state index in [4.69, 9.17) is 9.51 Å². The topological polar surface area (TPSA) is 104 Å². The van der Waals surface area contributed by atoms with Gasteiger partial charge in [-0.15, -0.1) is 24.8 Å². The van der Waals surface area contributed by atoms with Gasteiger partial charge in [0, 0.05) is 59.5 Å². The molecule has 4 heterocycles. The number of halogens is 3. The fourth-order valence-electron chi connectivity index (χ4n) is 7.04. The van der Waals surface area contributed by atoms with Crippen LogP contribution in [0.3, 0.4) is 0 Å². The highest BCUT2D eigenvalue weighted by Crippen LogP contribution is 2.35. The Morgan fingerprint density at radius 2 is 1.82 bits per heavy atom. The number of carboxylic acids is 1. The lowest BCUT2D eigenvalue weighted by molar-refractivity contribution is -0.312. The minimum Gasteiger partial charge on any atom is -0.550 e. The van der Waals surface area contributed by atoms with Crippen molar-refractivity contribution in [3.8, 4) is 0 Å². The van der Waals surface area contributed by atoms with Gasteiger partial charge in [-0.2, -0.15) is 0 Å². The molecule has 2 aliphatic heterocycles. The molecule has 0 N–H and O–H groups in total. The summed E-state index contributed by atoms with van der Waals surface area (Å²) in [5.74, 6) is -1.34. The van der Waals surface area contributed by atoms with Gasteiger partial charge in [-0.25, -0.2) is 9.37 Å². The Morgan fingerprint density at radius 1 is 1.09 bits per heavy atom. The van der Waals surface area contributed by atoms with Gasteiger partial charge >= 0.3 is 0 Å². The third-order valence-corrected chi connectivity index (χ3v) is 9.50. The number of hydrogen-bond acceptors (Lipinski definition) is 7. The molecule has 1 aromatic carbocycles. The molecule has 0 bridgehead atoms. The molecule has 8 nitrogen and oxygen atoms in total. The van der Waals surface area contributed by atoms with E-state index in [-0.39, 0.29) is 48.0 Å². The van der Waals surface area contributed by atoms with Crippen LogP contribution in [0.5, 0.6) is 0 Å². The van der Waals surface area contributed by atoms with Gasteiger partial charge in [-0.1, -0.05) is 50.6 Å². The number of aromatic nitrogens is 3. The fourth-order valence-corrected chi connectivity index (χ4v) is 7.04. The lowest BCUT2D eigenvalue weighted by Gasteiger charge is -2.34. The zero-order valence-corrected chi connectivity index (χ0v) is 27.5. The van der Waals surface area contributed by atoms with Crippen molar-refractivity contribution in [2.75, 3.05) is 19.6 Å². The van der Waals surface area contributed by atoms with Gasteiger partial charge < -0.3 is 19.3 Å². The minimum absolute atomic E-state index is 0. The molecule has 2 atom stereocenters. The average molecular weight is 653 g/mol. The standard InChI is InChI=1S/C33H45FN4O4.2ClH/c1-3-4-5-6-7-8-10-27(33(40)41)26-11-9-17-38-31(26)35-22(2)25(32(38)39)16-20-37-18-14-23(15-19-37)30-28-13-12-24(34)21-29(28)42-36-30;;/h12-13,21,23,26-27H,3-11,14-20H2,1-2H3,(H,40,41);2*1H/p-1. The second-order valence-electron chi connectivity index (χ2n) is 12.3. The number of aryl methyl sites for hydroxylation is 1. The highest BCUT2D eigenvalue weighted by molar-refractivity contribution is 5.85. The predicted molar refractivity (Wildman–Crippen MR) is 172 cm³/mol. The summed E-state index contributed by atoms with van der Waals surface area (Å²) in [7, 11) is 0. The zero-order valence-electron chi connectivity index (χ0n) is 25.9. The lowest BCUT2D eigenvalue weighted by Crippen LogP contribution is -2.41. The smallest absolute Gasteiger partial charge is 0.256 e. The molecule has 5 rings (SSSR count). The van der Waals surface area contributed by atoms with Crippen LogP contribution in [0.1, 0.15) is 112 Å². The predicted octanol–water partition coefficient (Wildman–Crippen LogP) is 6.09. The average Bonchev–Trinajstić information content (AvgIpc) is 3.40. The Labute approximate surface area is 271 Å². The molecular formula is C33H46Cl2FN4O4-. The fraction of sp³-hybridized carbons (Fsp3) is 0.636. The molecule has 2 aromatic heterocycles. The van der Waals surface area contributed by atoms with Crippen LogP contribution in [-0.4, -0.2) is 45.2 Å². The summed E-state index contributed by atoms with van der Waals surface area (Å²) >= 11 is 0. The Hall–Kier alpha value is -2.49. The Morgan fingerprint density at radius 3 is 2.55 bits per heavy atom. The van der Waals surface area contributed by atoms with Gasteiger partial charge in [0.2, 0.25) is 0 Å². The van der Waals surface area contributed by atoms with Crippen LogP contribution in [0.4, 0.5) is 4.39 Å². The van der Waals surface area contributed by atoms with Crippen molar-refractivity contribution in [3.05, 3.63) is 57.1 Å². The maximum Gasteiger partial charge on any atom is 0.256 e. The van der Waals surface area contributed by atoms with Crippen LogP contribution >= 0.6 is 24.8 Å². The van der Waals surface area contributed by atoms with Gasteiger partial charge in [-0.05, 0) is 70.7 Å². The van der Waals surface area contributed by atoms with E-state index >= 15 is 0 Å². The molecule has 3 aromatic rings. The number of hydrogen-bond donors (Lipinski definition) is 0. The molecule has 44 heavy (non-hydrogen) atoms. The van der Waals surface area contributed by atoms with Crippen molar-refractivity contribution in [2.45, 2.75) is 109 Å². The number of piperidine rings is 1. The Balaban J connectivity index is 0.00000264. The number of fused-ring (bicyclic) bond motifs is 2. The largest absolute Gasteiger partial charge is 0.550 e. The number of aliphatic carboxylic acids is 1. The van der Waals surface area contributed by atoms with E-state index in [0.717, 1.165) is 81.2 Å². The third-order valence-electron chi connectivity index (χ3n) is 9.50. The Kier molecular flexibility index (Phi) is 13.7. The summed E-state index contributed by atoms with van der Waals surface area (Å²) in [4.78, 5) is 33.1. The Bertz CT molecular complexity index is 1440. The third kappa shape index (κ3) is 8.20. The van der Waals surface area contributed by atoms with Crippen LogP contribution < -0.4 is 10.7 Å². The second-order valence-corrected chi connectivity index (χ2v) is 12.3. The highest BCUT2D eigenvalue weighted by Gasteiger charge is 2.32. The highest BCUT2D eigenvalue weighted by atomic mass is 35.5. The van der Waals surface area contributed by atoms with Gasteiger partial charge in [0.15, 0.2) is 5.58 Å². The summed E-state index contributed by atoms with van der Waals surface area (Å²) in [5.41, 5.74) is 2.81. The van der Waals surface area contributed by atoms with E-state index in [1.165, 1.54) is 31.4 Å². The number of carbonyl (C=O) groups excluding carboxylic acids is 1. The van der Waals surface area contributed by atoms with Gasteiger partial charge in [0.1, 0.15) is 11.6 Å². The van der Waals surface area contributed by atoms with Crippen molar-refractivity contribution in [1.82, 2.24) is 19.6 Å². The lowest BCUT2D eigenvalue weighted by atomic mass is 9.82. The van der Waals surface area contributed by atoms with Crippen LogP contribution in [0.15, 0.2) is 27.5 Å². The molecule has 0 aliphatic carbocycles.